The van der Waals surface area contributed by atoms with E-state index < -0.39 is 0 Å². The molecule has 2 N–H and O–H groups in total. The van der Waals surface area contributed by atoms with E-state index in [2.05, 4.69) is 24.8 Å². The molecule has 148 valence electrons. The number of ether oxygens (including phenoxy) is 1. The maximum absolute atomic E-state index is 5.98. The lowest BCUT2D eigenvalue weighted by molar-refractivity contribution is 0.122. The van der Waals surface area contributed by atoms with Gasteiger partial charge in [0.05, 0.1) is 30.8 Å². The summed E-state index contributed by atoms with van der Waals surface area (Å²) in [5.41, 5.74) is 9.92. The summed E-state index contributed by atoms with van der Waals surface area (Å²) in [6.07, 6.45) is 6.86. The molecule has 3 aromatic heterocycles. The predicted molar refractivity (Wildman–Crippen MR) is 116 cm³/mol. The number of morpholine rings is 1. The third-order valence-electron chi connectivity index (χ3n) is 4.66. The smallest absolute Gasteiger partial charge is 0.129 e. The first kappa shape index (κ1) is 19.3. The number of halogens is 1. The largest absolute Gasteiger partial charge is 0.404 e. The number of nitrogens with zero attached hydrogens (tertiary/aromatic N) is 5. The summed E-state index contributed by atoms with van der Waals surface area (Å²) in [5.74, 6) is 0.969. The second-order valence-electron chi connectivity index (χ2n) is 6.61. The molecule has 0 amide bonds. The molecule has 3 aromatic rings. The summed E-state index contributed by atoms with van der Waals surface area (Å²) in [6.45, 7) is 3.74. The Morgan fingerprint density at radius 3 is 2.76 bits per heavy atom. The van der Waals surface area contributed by atoms with Crippen molar-refractivity contribution in [1.82, 2.24) is 15.0 Å². The number of aromatic nitrogens is 3. The van der Waals surface area contributed by atoms with Crippen LogP contribution in [-0.2, 0) is 11.3 Å². The van der Waals surface area contributed by atoms with Gasteiger partial charge in [0.1, 0.15) is 11.0 Å². The van der Waals surface area contributed by atoms with E-state index in [0.29, 0.717) is 17.2 Å². The van der Waals surface area contributed by atoms with Crippen molar-refractivity contribution in [3.63, 3.8) is 0 Å². The summed E-state index contributed by atoms with van der Waals surface area (Å²) in [7, 11) is 0. The molecule has 1 saturated heterocycles. The van der Waals surface area contributed by atoms with Crippen molar-refractivity contribution in [2.45, 2.75) is 6.54 Å². The van der Waals surface area contributed by atoms with Crippen LogP contribution in [0.5, 0.6) is 0 Å². The number of fused-ring (bicyclic) bond motifs is 1. The third kappa shape index (κ3) is 4.70. The molecule has 4 rings (SSSR count). The molecule has 1 aliphatic rings. The van der Waals surface area contributed by atoms with Gasteiger partial charge in [-0.25, -0.2) is 9.97 Å². The summed E-state index contributed by atoms with van der Waals surface area (Å²) in [4.78, 5) is 20.0. The lowest BCUT2D eigenvalue weighted by Gasteiger charge is -2.27. The minimum absolute atomic E-state index is 0.427. The maximum atomic E-state index is 5.98. The summed E-state index contributed by atoms with van der Waals surface area (Å²) in [6, 6.07) is 9.53. The number of nitrogens with two attached hydrogens (primary N) is 1. The average Bonchev–Trinajstić information content (AvgIpc) is 2.77. The molecule has 0 unspecified atom stereocenters. The Morgan fingerprint density at radius 1 is 1.14 bits per heavy atom. The van der Waals surface area contributed by atoms with E-state index >= 15 is 0 Å². The van der Waals surface area contributed by atoms with Crippen molar-refractivity contribution in [3.05, 3.63) is 65.2 Å². The highest BCUT2D eigenvalue weighted by atomic mass is 35.5. The van der Waals surface area contributed by atoms with E-state index in [9.17, 15) is 0 Å². The van der Waals surface area contributed by atoms with Gasteiger partial charge in [0, 0.05) is 49.0 Å². The number of hydrogen-bond donors (Lipinski definition) is 1. The van der Waals surface area contributed by atoms with Crippen LogP contribution in [0.4, 0.5) is 5.82 Å². The van der Waals surface area contributed by atoms with Crippen molar-refractivity contribution in [2.24, 2.45) is 10.7 Å². The number of aliphatic imine (C=N–C) groups is 1. The number of rotatable bonds is 5. The van der Waals surface area contributed by atoms with E-state index in [0.717, 1.165) is 54.3 Å². The molecule has 29 heavy (non-hydrogen) atoms. The molecule has 4 heterocycles. The topological polar surface area (TPSA) is 89.5 Å². The molecule has 1 aliphatic heterocycles. The van der Waals surface area contributed by atoms with Gasteiger partial charge >= 0.3 is 0 Å². The van der Waals surface area contributed by atoms with E-state index in [1.807, 2.05) is 30.5 Å². The van der Waals surface area contributed by atoms with Crippen molar-refractivity contribution in [3.8, 4) is 0 Å². The van der Waals surface area contributed by atoms with Crippen molar-refractivity contribution in [2.75, 3.05) is 31.2 Å². The summed E-state index contributed by atoms with van der Waals surface area (Å²) >= 11 is 5.98. The van der Waals surface area contributed by atoms with Gasteiger partial charge in [-0.1, -0.05) is 17.7 Å². The Hall–Kier alpha value is -3.03. The molecule has 0 bridgehead atoms. The van der Waals surface area contributed by atoms with Crippen LogP contribution in [0, 0.1) is 0 Å². The minimum Gasteiger partial charge on any atom is -0.404 e. The highest BCUT2D eigenvalue weighted by Crippen LogP contribution is 2.19. The number of hydrogen-bond acceptors (Lipinski definition) is 7. The standard InChI is InChI=1S/C21H21ClN6O/c22-20-3-2-18-19(27-20)9-16(14-25-18)17(10-23)13-24-11-15-1-4-21(26-12-15)28-5-7-29-8-6-28/h1-4,9-10,12-14H,5-8,11,23H2. The molecule has 0 radical (unpaired) electrons. The Morgan fingerprint density at radius 2 is 2.00 bits per heavy atom. The van der Waals surface area contributed by atoms with Gasteiger partial charge in [-0.15, -0.1) is 0 Å². The molecule has 0 aliphatic carbocycles. The van der Waals surface area contributed by atoms with Crippen LogP contribution in [0.15, 0.2) is 53.9 Å². The first-order valence-electron chi connectivity index (χ1n) is 9.35. The van der Waals surface area contributed by atoms with Crippen molar-refractivity contribution >= 4 is 40.2 Å². The zero-order valence-electron chi connectivity index (χ0n) is 15.8. The van der Waals surface area contributed by atoms with Gasteiger partial charge in [-0.05, 0) is 29.8 Å². The Balaban J connectivity index is 1.43. The fourth-order valence-electron chi connectivity index (χ4n) is 3.09. The van der Waals surface area contributed by atoms with Crippen LogP contribution in [-0.4, -0.2) is 47.5 Å². The van der Waals surface area contributed by atoms with Crippen LogP contribution in [0.25, 0.3) is 16.6 Å². The van der Waals surface area contributed by atoms with E-state index in [4.69, 9.17) is 22.1 Å². The Labute approximate surface area is 173 Å². The number of allylic oxidation sites excluding steroid dienone is 1. The fourth-order valence-corrected chi connectivity index (χ4v) is 3.25. The summed E-state index contributed by atoms with van der Waals surface area (Å²) < 4.78 is 5.38. The van der Waals surface area contributed by atoms with Crippen LogP contribution in [0.3, 0.4) is 0 Å². The van der Waals surface area contributed by atoms with Gasteiger partial charge in [-0.2, -0.15) is 0 Å². The lowest BCUT2D eigenvalue weighted by Crippen LogP contribution is -2.36. The molecule has 8 heteroatoms. The molecular formula is C21H21ClN6O. The van der Waals surface area contributed by atoms with Gasteiger partial charge in [-0.3, -0.25) is 9.98 Å². The minimum atomic E-state index is 0.427. The second kappa shape index (κ2) is 8.98. The third-order valence-corrected chi connectivity index (χ3v) is 4.88. The SMILES string of the molecule is NC=C(C=NCc1ccc(N2CCOCC2)nc1)c1cnc2ccc(Cl)nc2c1. The van der Waals surface area contributed by atoms with Gasteiger partial charge in [0.15, 0.2) is 0 Å². The Kier molecular flexibility index (Phi) is 5.97. The molecule has 0 aromatic carbocycles. The maximum Gasteiger partial charge on any atom is 0.129 e. The first-order valence-corrected chi connectivity index (χ1v) is 9.73. The van der Waals surface area contributed by atoms with Gasteiger partial charge in [0.2, 0.25) is 0 Å². The van der Waals surface area contributed by atoms with Crippen LogP contribution >= 0.6 is 11.6 Å². The van der Waals surface area contributed by atoms with E-state index in [1.54, 1.807) is 18.5 Å². The first-order chi connectivity index (χ1) is 14.2. The van der Waals surface area contributed by atoms with Gasteiger partial charge < -0.3 is 15.4 Å². The monoisotopic (exact) mass is 408 g/mol. The van der Waals surface area contributed by atoms with Gasteiger partial charge in [0.25, 0.3) is 0 Å². The molecule has 0 spiro atoms. The quantitative estimate of drug-likeness (QED) is 0.515. The highest BCUT2D eigenvalue weighted by Gasteiger charge is 2.11. The van der Waals surface area contributed by atoms with Crippen LogP contribution in [0.1, 0.15) is 11.1 Å². The van der Waals surface area contributed by atoms with Crippen molar-refractivity contribution in [1.29, 1.82) is 0 Å². The second-order valence-corrected chi connectivity index (χ2v) is 7.00. The Bertz CT molecular complexity index is 1040. The normalized spacial score (nSPS) is 15.3. The highest BCUT2D eigenvalue weighted by molar-refractivity contribution is 6.29. The van der Waals surface area contributed by atoms with Crippen molar-refractivity contribution < 1.29 is 4.74 Å². The average molecular weight is 409 g/mol. The number of anilines is 1. The molecule has 7 nitrogen and oxygen atoms in total. The van der Waals surface area contributed by atoms with Crippen LogP contribution in [0.2, 0.25) is 5.15 Å². The van der Waals surface area contributed by atoms with Crippen LogP contribution < -0.4 is 10.6 Å². The molecule has 1 fully saturated rings. The lowest BCUT2D eigenvalue weighted by atomic mass is 10.1. The predicted octanol–water partition coefficient (Wildman–Crippen LogP) is 3.09. The molecule has 0 saturated carbocycles. The van der Waals surface area contributed by atoms with E-state index in [1.165, 1.54) is 6.20 Å². The van der Waals surface area contributed by atoms with E-state index in [-0.39, 0.29) is 0 Å². The fraction of sp³-hybridized carbons (Fsp3) is 0.238. The summed E-state index contributed by atoms with van der Waals surface area (Å²) in [5, 5.41) is 0.427. The number of pyridine rings is 3. The zero-order chi connectivity index (χ0) is 20.1. The molecule has 0 atom stereocenters. The molecular weight excluding hydrogens is 388 g/mol. The zero-order valence-corrected chi connectivity index (χ0v) is 16.6.